The second-order valence-electron chi connectivity index (χ2n) is 3.81. The van der Waals surface area contributed by atoms with E-state index in [1.807, 2.05) is 12.1 Å². The van der Waals surface area contributed by atoms with Gasteiger partial charge in [0.1, 0.15) is 5.76 Å². The van der Waals surface area contributed by atoms with Crippen LogP contribution >= 0.6 is 0 Å². The fraction of sp³-hybridized carbons (Fsp3) is 0.154. The minimum Gasteiger partial charge on any atom is -0.467 e. The maximum Gasteiger partial charge on any atom is 0.251 e. The molecule has 5 nitrogen and oxygen atoms in total. The molecule has 0 bridgehead atoms. The number of hydrogen-bond donors (Lipinski definition) is 3. The van der Waals surface area contributed by atoms with Gasteiger partial charge in [-0.15, -0.1) is 0 Å². The first-order valence-corrected chi connectivity index (χ1v) is 5.58. The summed E-state index contributed by atoms with van der Waals surface area (Å²) in [6.45, 7) is 0.522. The summed E-state index contributed by atoms with van der Waals surface area (Å²) in [6.07, 6.45) is 1.61. The molecular weight excluding hydrogens is 230 g/mol. The Labute approximate surface area is 105 Å². The number of hydrogen-bond acceptors (Lipinski definition) is 4. The van der Waals surface area contributed by atoms with Crippen LogP contribution in [0.5, 0.6) is 0 Å². The summed E-state index contributed by atoms with van der Waals surface area (Å²) in [4.78, 5) is 11.5. The third kappa shape index (κ3) is 2.63. The summed E-state index contributed by atoms with van der Waals surface area (Å²) in [5, 5.41) is 5.71. The molecule has 0 fully saturated rings. The predicted molar refractivity (Wildman–Crippen MR) is 70.3 cm³/mol. The highest BCUT2D eigenvalue weighted by atomic mass is 16.3. The van der Waals surface area contributed by atoms with E-state index in [9.17, 15) is 4.79 Å². The lowest BCUT2D eigenvalue weighted by atomic mass is 10.1. The molecule has 4 N–H and O–H groups in total. The molecule has 0 spiro atoms. The lowest BCUT2D eigenvalue weighted by Gasteiger charge is -2.09. The standard InChI is InChI=1S/C13H15N3O2/c1-15-13(17)9-4-5-11(14)12(7-9)16-8-10-3-2-6-18-10/h2-7,16H,8,14H2,1H3,(H,15,17). The van der Waals surface area contributed by atoms with Gasteiger partial charge in [-0.05, 0) is 30.3 Å². The van der Waals surface area contributed by atoms with Gasteiger partial charge in [0, 0.05) is 12.6 Å². The molecular formula is C13H15N3O2. The zero-order chi connectivity index (χ0) is 13.0. The Hall–Kier alpha value is -2.43. The summed E-state index contributed by atoms with van der Waals surface area (Å²) in [6, 6.07) is 8.80. The summed E-state index contributed by atoms with van der Waals surface area (Å²) >= 11 is 0. The van der Waals surface area contributed by atoms with Gasteiger partial charge >= 0.3 is 0 Å². The number of nitrogens with one attached hydrogen (secondary N) is 2. The minimum atomic E-state index is -0.143. The zero-order valence-corrected chi connectivity index (χ0v) is 10.1. The van der Waals surface area contributed by atoms with Crippen LogP contribution in [0.2, 0.25) is 0 Å². The normalized spacial score (nSPS) is 10.1. The highest BCUT2D eigenvalue weighted by Gasteiger charge is 2.07. The average Bonchev–Trinajstić information content (AvgIpc) is 2.90. The molecule has 5 heteroatoms. The lowest BCUT2D eigenvalue weighted by molar-refractivity contribution is 0.0963. The third-order valence-electron chi connectivity index (χ3n) is 2.58. The number of rotatable bonds is 4. The highest BCUT2D eigenvalue weighted by Crippen LogP contribution is 2.20. The molecule has 1 aromatic carbocycles. The first kappa shape index (κ1) is 12.0. The molecule has 0 unspecified atom stereocenters. The van der Waals surface area contributed by atoms with E-state index in [1.165, 1.54) is 0 Å². The number of furan rings is 1. The van der Waals surface area contributed by atoms with Crippen molar-refractivity contribution in [1.29, 1.82) is 0 Å². The molecule has 0 saturated carbocycles. The Bertz CT molecular complexity index is 535. The molecule has 0 aliphatic rings. The molecule has 18 heavy (non-hydrogen) atoms. The smallest absolute Gasteiger partial charge is 0.251 e. The van der Waals surface area contributed by atoms with E-state index in [0.717, 1.165) is 5.76 Å². The number of carbonyl (C=O) groups is 1. The fourth-order valence-corrected chi connectivity index (χ4v) is 1.59. The summed E-state index contributed by atoms with van der Waals surface area (Å²) in [5.41, 5.74) is 7.72. The Morgan fingerprint density at radius 2 is 2.22 bits per heavy atom. The number of amides is 1. The first-order valence-electron chi connectivity index (χ1n) is 5.58. The van der Waals surface area contributed by atoms with E-state index in [2.05, 4.69) is 10.6 Å². The lowest BCUT2D eigenvalue weighted by Crippen LogP contribution is -2.18. The fourth-order valence-electron chi connectivity index (χ4n) is 1.59. The van der Waals surface area contributed by atoms with Gasteiger partial charge in [0.15, 0.2) is 0 Å². The zero-order valence-electron chi connectivity index (χ0n) is 10.1. The van der Waals surface area contributed by atoms with Gasteiger partial charge in [0.2, 0.25) is 0 Å². The predicted octanol–water partition coefficient (Wildman–Crippen LogP) is 1.83. The van der Waals surface area contributed by atoms with Crippen molar-refractivity contribution in [2.45, 2.75) is 6.54 Å². The molecule has 1 heterocycles. The van der Waals surface area contributed by atoms with Gasteiger partial charge in [-0.1, -0.05) is 0 Å². The molecule has 0 aliphatic heterocycles. The summed E-state index contributed by atoms with van der Waals surface area (Å²) in [7, 11) is 1.59. The number of nitrogens with two attached hydrogens (primary N) is 1. The van der Waals surface area contributed by atoms with E-state index >= 15 is 0 Å². The Balaban J connectivity index is 2.13. The molecule has 2 rings (SSSR count). The van der Waals surface area contributed by atoms with Crippen molar-refractivity contribution in [2.24, 2.45) is 0 Å². The number of nitrogen functional groups attached to an aromatic ring is 1. The molecule has 1 aromatic heterocycles. The van der Waals surface area contributed by atoms with Gasteiger partial charge in [0.05, 0.1) is 24.2 Å². The van der Waals surface area contributed by atoms with Gasteiger partial charge in [0.25, 0.3) is 5.91 Å². The van der Waals surface area contributed by atoms with Crippen LogP contribution in [0.15, 0.2) is 41.0 Å². The SMILES string of the molecule is CNC(=O)c1ccc(N)c(NCc2ccco2)c1. The second kappa shape index (κ2) is 5.27. The van der Waals surface area contributed by atoms with Crippen LogP contribution in [0.1, 0.15) is 16.1 Å². The van der Waals surface area contributed by atoms with Crippen LogP contribution in [0.3, 0.4) is 0 Å². The Morgan fingerprint density at radius 3 is 2.89 bits per heavy atom. The van der Waals surface area contributed by atoms with Crippen molar-refractivity contribution in [1.82, 2.24) is 5.32 Å². The van der Waals surface area contributed by atoms with Crippen LogP contribution in [0.25, 0.3) is 0 Å². The van der Waals surface area contributed by atoms with Crippen molar-refractivity contribution in [3.05, 3.63) is 47.9 Å². The quantitative estimate of drug-likeness (QED) is 0.718. The molecule has 94 valence electrons. The highest BCUT2D eigenvalue weighted by molar-refractivity contribution is 5.96. The molecule has 0 saturated heterocycles. The van der Waals surface area contributed by atoms with Crippen LogP contribution in [-0.4, -0.2) is 13.0 Å². The van der Waals surface area contributed by atoms with Gasteiger partial charge in [-0.25, -0.2) is 0 Å². The molecule has 0 atom stereocenters. The van der Waals surface area contributed by atoms with E-state index < -0.39 is 0 Å². The molecule has 2 aromatic rings. The average molecular weight is 245 g/mol. The third-order valence-corrected chi connectivity index (χ3v) is 2.58. The largest absolute Gasteiger partial charge is 0.467 e. The minimum absolute atomic E-state index is 0.143. The van der Waals surface area contributed by atoms with Crippen molar-refractivity contribution in [3.63, 3.8) is 0 Å². The number of benzene rings is 1. The molecule has 1 amide bonds. The van der Waals surface area contributed by atoms with Crippen LogP contribution in [0, 0.1) is 0 Å². The van der Waals surface area contributed by atoms with Crippen molar-refractivity contribution >= 4 is 17.3 Å². The van der Waals surface area contributed by atoms with E-state index in [-0.39, 0.29) is 5.91 Å². The summed E-state index contributed by atoms with van der Waals surface area (Å²) in [5.74, 6) is 0.663. The molecule has 0 aliphatic carbocycles. The van der Waals surface area contributed by atoms with E-state index in [4.69, 9.17) is 10.2 Å². The van der Waals surface area contributed by atoms with Crippen molar-refractivity contribution < 1.29 is 9.21 Å². The van der Waals surface area contributed by atoms with E-state index in [0.29, 0.717) is 23.5 Å². The van der Waals surface area contributed by atoms with Crippen molar-refractivity contribution in [3.8, 4) is 0 Å². The van der Waals surface area contributed by atoms with Crippen molar-refractivity contribution in [2.75, 3.05) is 18.1 Å². The van der Waals surface area contributed by atoms with Gasteiger partial charge < -0.3 is 20.8 Å². The maximum atomic E-state index is 11.5. The monoisotopic (exact) mass is 245 g/mol. The van der Waals surface area contributed by atoms with Gasteiger partial charge in [-0.3, -0.25) is 4.79 Å². The Morgan fingerprint density at radius 1 is 1.39 bits per heavy atom. The molecule has 0 radical (unpaired) electrons. The maximum absolute atomic E-state index is 11.5. The number of anilines is 2. The van der Waals surface area contributed by atoms with Crippen LogP contribution in [0.4, 0.5) is 11.4 Å². The number of carbonyl (C=O) groups excluding carboxylic acids is 1. The summed E-state index contributed by atoms with van der Waals surface area (Å²) < 4.78 is 5.21. The van der Waals surface area contributed by atoms with Crippen LogP contribution < -0.4 is 16.4 Å². The first-order chi connectivity index (χ1) is 8.70. The van der Waals surface area contributed by atoms with Crippen LogP contribution in [-0.2, 0) is 6.54 Å². The van der Waals surface area contributed by atoms with E-state index in [1.54, 1.807) is 31.5 Å². The Kier molecular flexibility index (Phi) is 3.52. The van der Waals surface area contributed by atoms with Gasteiger partial charge in [-0.2, -0.15) is 0 Å². The topological polar surface area (TPSA) is 80.3 Å². The second-order valence-corrected chi connectivity index (χ2v) is 3.81.